The minimum Gasteiger partial charge on any atom is -0.352 e. The number of carbonyl (C=O) groups excluding carboxylic acids is 1. The van der Waals surface area contributed by atoms with E-state index in [1.807, 2.05) is 38.1 Å². The monoisotopic (exact) mass is 364 g/mol. The van der Waals surface area contributed by atoms with E-state index in [0.29, 0.717) is 6.42 Å². The smallest absolute Gasteiger partial charge is 0.225 e. The van der Waals surface area contributed by atoms with Gasteiger partial charge in [-0.15, -0.1) is 11.3 Å². The van der Waals surface area contributed by atoms with Gasteiger partial charge in [0, 0.05) is 16.5 Å². The zero-order chi connectivity index (χ0) is 17.3. The molecule has 2 aromatic rings. The topological polar surface area (TPSA) is 76.1 Å². The van der Waals surface area contributed by atoms with Crippen molar-refractivity contribution < 1.29 is 13.2 Å². The molecule has 5 nitrogen and oxygen atoms in total. The second-order valence-corrected chi connectivity index (χ2v) is 9.73. The minimum atomic E-state index is -2.99. The Balaban J connectivity index is 1.73. The van der Waals surface area contributed by atoms with Crippen LogP contribution in [0.15, 0.2) is 24.3 Å². The third-order valence-electron chi connectivity index (χ3n) is 4.05. The highest BCUT2D eigenvalue weighted by atomic mass is 32.2. The zero-order valence-electron chi connectivity index (χ0n) is 13.7. The Hall–Kier alpha value is -1.73. The number of rotatable bonds is 4. The molecule has 128 valence electrons. The Morgan fingerprint density at radius 1 is 1.29 bits per heavy atom. The second kappa shape index (κ2) is 6.64. The minimum absolute atomic E-state index is 0.0469. The molecule has 1 amide bonds. The predicted molar refractivity (Wildman–Crippen MR) is 95.9 cm³/mol. The van der Waals surface area contributed by atoms with Gasteiger partial charge in [0.15, 0.2) is 9.84 Å². The number of thiazole rings is 1. The van der Waals surface area contributed by atoms with E-state index in [4.69, 9.17) is 0 Å². The van der Waals surface area contributed by atoms with Gasteiger partial charge >= 0.3 is 0 Å². The average molecular weight is 364 g/mol. The molecule has 1 saturated heterocycles. The van der Waals surface area contributed by atoms with Crippen molar-refractivity contribution in [1.82, 2.24) is 10.3 Å². The maximum absolute atomic E-state index is 12.3. The summed E-state index contributed by atoms with van der Waals surface area (Å²) >= 11 is 1.51. The molecule has 3 rings (SSSR count). The van der Waals surface area contributed by atoms with E-state index in [1.165, 1.54) is 16.9 Å². The Morgan fingerprint density at radius 3 is 2.62 bits per heavy atom. The molecule has 1 fully saturated rings. The highest BCUT2D eigenvalue weighted by molar-refractivity contribution is 7.91. The van der Waals surface area contributed by atoms with E-state index >= 15 is 0 Å². The fourth-order valence-electron chi connectivity index (χ4n) is 2.86. The molecule has 1 aromatic carbocycles. The number of hydrogen-bond donors (Lipinski definition) is 1. The Bertz CT molecular complexity index is 854. The number of aryl methyl sites for hydroxylation is 2. The number of nitrogens with zero attached hydrogens (tertiary/aromatic N) is 1. The van der Waals surface area contributed by atoms with Crippen molar-refractivity contribution >= 4 is 27.1 Å². The molecule has 1 aliphatic rings. The van der Waals surface area contributed by atoms with Crippen molar-refractivity contribution in [2.24, 2.45) is 0 Å². The van der Waals surface area contributed by atoms with Crippen LogP contribution in [-0.2, 0) is 21.1 Å². The normalized spacial score (nSPS) is 19.3. The van der Waals surface area contributed by atoms with E-state index in [2.05, 4.69) is 10.3 Å². The number of sulfone groups is 1. The largest absolute Gasteiger partial charge is 0.352 e. The lowest BCUT2D eigenvalue weighted by atomic mass is 10.1. The van der Waals surface area contributed by atoms with Gasteiger partial charge in [0.2, 0.25) is 5.91 Å². The first-order valence-electron chi connectivity index (χ1n) is 7.85. The number of benzene rings is 1. The zero-order valence-corrected chi connectivity index (χ0v) is 15.3. The molecule has 1 aliphatic heterocycles. The van der Waals surface area contributed by atoms with Crippen molar-refractivity contribution in [2.45, 2.75) is 32.7 Å². The molecular weight excluding hydrogens is 344 g/mol. The van der Waals surface area contributed by atoms with Gasteiger partial charge in [-0.05, 0) is 20.3 Å². The van der Waals surface area contributed by atoms with Gasteiger partial charge in [0.1, 0.15) is 0 Å². The quantitative estimate of drug-likeness (QED) is 0.903. The summed E-state index contributed by atoms with van der Waals surface area (Å²) in [7, 11) is -2.99. The van der Waals surface area contributed by atoms with Crippen LogP contribution < -0.4 is 5.32 Å². The van der Waals surface area contributed by atoms with Crippen LogP contribution in [0, 0.1) is 13.8 Å². The van der Waals surface area contributed by atoms with Crippen molar-refractivity contribution in [2.75, 3.05) is 11.5 Å². The average Bonchev–Trinajstić information content (AvgIpc) is 3.02. The first kappa shape index (κ1) is 17.1. The number of aromatic nitrogens is 1. The van der Waals surface area contributed by atoms with Crippen LogP contribution in [0.2, 0.25) is 0 Å². The van der Waals surface area contributed by atoms with Crippen molar-refractivity contribution in [3.8, 4) is 11.3 Å². The summed E-state index contributed by atoms with van der Waals surface area (Å²) in [4.78, 5) is 17.8. The lowest BCUT2D eigenvalue weighted by Gasteiger charge is -2.10. The Kier molecular flexibility index (Phi) is 4.73. The third kappa shape index (κ3) is 4.02. The first-order chi connectivity index (χ1) is 11.3. The summed E-state index contributed by atoms with van der Waals surface area (Å²) in [5.41, 5.74) is 3.01. The molecule has 2 heterocycles. The maximum atomic E-state index is 12.3. The summed E-state index contributed by atoms with van der Waals surface area (Å²) in [6, 6.07) is 7.80. The molecular formula is C17H20N2O3S2. The molecule has 24 heavy (non-hydrogen) atoms. The van der Waals surface area contributed by atoms with E-state index in [1.54, 1.807) is 0 Å². The molecule has 0 radical (unpaired) electrons. The number of carbonyl (C=O) groups is 1. The van der Waals surface area contributed by atoms with Crippen molar-refractivity contribution in [3.63, 3.8) is 0 Å². The molecule has 1 atom stereocenters. The second-order valence-electron chi connectivity index (χ2n) is 6.21. The Labute approximate surface area is 146 Å². The Morgan fingerprint density at radius 2 is 2.00 bits per heavy atom. The van der Waals surface area contributed by atoms with E-state index in [9.17, 15) is 13.2 Å². The van der Waals surface area contributed by atoms with Gasteiger partial charge in [0.05, 0.1) is 28.6 Å². The first-order valence-corrected chi connectivity index (χ1v) is 10.5. The van der Waals surface area contributed by atoms with Gasteiger partial charge in [-0.1, -0.05) is 29.8 Å². The fraction of sp³-hybridized carbons (Fsp3) is 0.412. The molecule has 0 aliphatic carbocycles. The molecule has 1 N–H and O–H groups in total. The van der Waals surface area contributed by atoms with Crippen LogP contribution in [0.4, 0.5) is 0 Å². The van der Waals surface area contributed by atoms with Crippen LogP contribution in [0.25, 0.3) is 11.3 Å². The van der Waals surface area contributed by atoms with Crippen LogP contribution >= 0.6 is 11.3 Å². The number of amides is 1. The van der Waals surface area contributed by atoms with Crippen LogP contribution in [0.3, 0.4) is 0 Å². The fourth-order valence-corrected chi connectivity index (χ4v) is 5.49. The van der Waals surface area contributed by atoms with E-state index in [-0.39, 0.29) is 29.9 Å². The van der Waals surface area contributed by atoms with Crippen LogP contribution in [0.1, 0.15) is 21.9 Å². The lowest BCUT2D eigenvalue weighted by molar-refractivity contribution is -0.120. The standard InChI is InChI=1S/C17H20N2O3S2/c1-11-3-5-13(6-4-11)17-15(23-12(2)18-17)9-16(20)19-14-7-8-24(21,22)10-14/h3-6,14H,7-10H2,1-2H3,(H,19,20). The van der Waals surface area contributed by atoms with Crippen LogP contribution in [0.5, 0.6) is 0 Å². The van der Waals surface area contributed by atoms with Gasteiger partial charge in [-0.3, -0.25) is 4.79 Å². The molecule has 0 spiro atoms. The van der Waals surface area contributed by atoms with Crippen molar-refractivity contribution in [1.29, 1.82) is 0 Å². The lowest BCUT2D eigenvalue weighted by Crippen LogP contribution is -2.36. The van der Waals surface area contributed by atoms with Gasteiger partial charge in [-0.25, -0.2) is 13.4 Å². The highest BCUT2D eigenvalue weighted by Gasteiger charge is 2.29. The number of nitrogens with one attached hydrogen (secondary N) is 1. The SMILES string of the molecule is Cc1ccc(-c2nc(C)sc2CC(=O)NC2CCS(=O)(=O)C2)cc1. The molecule has 1 aromatic heterocycles. The molecule has 7 heteroatoms. The maximum Gasteiger partial charge on any atom is 0.225 e. The van der Waals surface area contributed by atoms with E-state index in [0.717, 1.165) is 21.1 Å². The molecule has 0 bridgehead atoms. The molecule has 0 saturated carbocycles. The van der Waals surface area contributed by atoms with Gasteiger partial charge in [-0.2, -0.15) is 0 Å². The summed E-state index contributed by atoms with van der Waals surface area (Å²) in [6.45, 7) is 3.95. The summed E-state index contributed by atoms with van der Waals surface area (Å²) in [6.07, 6.45) is 0.728. The van der Waals surface area contributed by atoms with Gasteiger partial charge in [0.25, 0.3) is 0 Å². The number of hydrogen-bond acceptors (Lipinski definition) is 5. The predicted octanol–water partition coefficient (Wildman–Crippen LogP) is 2.27. The summed E-state index contributed by atoms with van der Waals surface area (Å²) < 4.78 is 23.0. The highest BCUT2D eigenvalue weighted by Crippen LogP contribution is 2.28. The third-order valence-corrected chi connectivity index (χ3v) is 6.79. The van der Waals surface area contributed by atoms with Crippen LogP contribution in [-0.4, -0.2) is 36.9 Å². The summed E-state index contributed by atoms with van der Waals surface area (Å²) in [5, 5.41) is 3.75. The van der Waals surface area contributed by atoms with Gasteiger partial charge < -0.3 is 5.32 Å². The van der Waals surface area contributed by atoms with Crippen molar-refractivity contribution in [3.05, 3.63) is 39.7 Å². The summed E-state index contributed by atoms with van der Waals surface area (Å²) in [5.74, 6) is 0.0615. The molecule has 1 unspecified atom stereocenters. The van der Waals surface area contributed by atoms with E-state index < -0.39 is 9.84 Å².